The highest BCUT2D eigenvalue weighted by Crippen LogP contribution is 2.35. The third-order valence-corrected chi connectivity index (χ3v) is 6.98. The van der Waals surface area contributed by atoms with Gasteiger partial charge >= 0.3 is 0 Å². The molecule has 1 heterocycles. The fourth-order valence-electron chi connectivity index (χ4n) is 4.56. The van der Waals surface area contributed by atoms with E-state index >= 15 is 0 Å². The molecule has 5 nitrogen and oxygen atoms in total. The molecule has 36 heavy (non-hydrogen) atoms. The molecular formula is C28H24Cl2FN3O2. The molecule has 5 rings (SSSR count). The minimum absolute atomic E-state index is 0.0115. The maximum Gasteiger partial charge on any atom is 0.282 e. The molecule has 4 aromatic rings. The molecule has 0 aliphatic heterocycles. The quantitative estimate of drug-likeness (QED) is 0.248. The fourth-order valence-corrected chi connectivity index (χ4v) is 5.17. The molecule has 0 radical (unpaired) electrons. The number of hydrogen-bond donors (Lipinski definition) is 0. The summed E-state index contributed by atoms with van der Waals surface area (Å²) in [6.07, 6.45) is 6.91. The summed E-state index contributed by atoms with van der Waals surface area (Å²) in [5.74, 6) is 0.745. The van der Waals surface area contributed by atoms with Crippen molar-refractivity contribution in [1.29, 1.82) is 0 Å². The van der Waals surface area contributed by atoms with Gasteiger partial charge in [-0.05, 0) is 48.7 Å². The van der Waals surface area contributed by atoms with Crippen LogP contribution in [0, 0.1) is 5.82 Å². The lowest BCUT2D eigenvalue weighted by Crippen LogP contribution is -2.25. The van der Waals surface area contributed by atoms with Crippen molar-refractivity contribution < 1.29 is 9.13 Å². The molecule has 1 aliphatic rings. The molecule has 0 amide bonds. The second-order valence-corrected chi connectivity index (χ2v) is 9.69. The number of rotatable bonds is 6. The first-order chi connectivity index (χ1) is 17.5. The molecule has 0 atom stereocenters. The normalized spacial score (nSPS) is 14.5. The predicted molar refractivity (Wildman–Crippen MR) is 142 cm³/mol. The van der Waals surface area contributed by atoms with E-state index in [-0.39, 0.29) is 39.7 Å². The van der Waals surface area contributed by atoms with Crippen molar-refractivity contribution in [3.8, 4) is 5.75 Å². The molecule has 8 heteroatoms. The SMILES string of the molecule is O=c1c2ccccc2nc(C2CCCCC2)n1N=Cc1cc(Cl)c(OCc2ccccc2F)c(Cl)c1. The summed E-state index contributed by atoms with van der Waals surface area (Å²) in [5.41, 5.74) is 1.46. The first-order valence-corrected chi connectivity index (χ1v) is 12.7. The summed E-state index contributed by atoms with van der Waals surface area (Å²) < 4.78 is 21.0. The van der Waals surface area contributed by atoms with Crippen LogP contribution in [-0.2, 0) is 6.61 Å². The fraction of sp³-hybridized carbons (Fsp3) is 0.250. The zero-order valence-corrected chi connectivity index (χ0v) is 21.0. The molecular weight excluding hydrogens is 500 g/mol. The third kappa shape index (κ3) is 5.15. The van der Waals surface area contributed by atoms with Crippen LogP contribution in [0.3, 0.4) is 0 Å². The zero-order chi connectivity index (χ0) is 25.1. The van der Waals surface area contributed by atoms with Gasteiger partial charge in [0.1, 0.15) is 18.2 Å². The Morgan fingerprint density at radius 3 is 2.47 bits per heavy atom. The van der Waals surface area contributed by atoms with Crippen LogP contribution in [0.15, 0.2) is 70.6 Å². The molecule has 0 unspecified atom stereocenters. The number of fused-ring (bicyclic) bond motifs is 1. The third-order valence-electron chi connectivity index (χ3n) is 6.42. The van der Waals surface area contributed by atoms with Crippen molar-refractivity contribution in [2.45, 2.75) is 44.6 Å². The van der Waals surface area contributed by atoms with Gasteiger partial charge in [0.2, 0.25) is 0 Å². The average Bonchev–Trinajstić information content (AvgIpc) is 2.89. The van der Waals surface area contributed by atoms with Crippen molar-refractivity contribution in [1.82, 2.24) is 9.66 Å². The average molecular weight is 524 g/mol. The minimum Gasteiger partial charge on any atom is -0.486 e. The molecule has 1 saturated carbocycles. The lowest BCUT2D eigenvalue weighted by molar-refractivity contribution is 0.300. The minimum atomic E-state index is -0.364. The van der Waals surface area contributed by atoms with Crippen LogP contribution in [0.2, 0.25) is 10.0 Å². The van der Waals surface area contributed by atoms with Crippen LogP contribution in [0.25, 0.3) is 10.9 Å². The molecule has 0 saturated heterocycles. The smallest absolute Gasteiger partial charge is 0.282 e. The standard InChI is InChI=1S/C28H24Cl2FN3O2/c29-22-14-18(15-23(30)26(22)36-17-20-10-4-6-12-24(20)31)16-32-34-27(19-8-2-1-3-9-19)33-25-13-7-5-11-21(25)28(34)35/h4-7,10-16,19H,1-3,8-9,17H2. The molecule has 1 aliphatic carbocycles. The van der Waals surface area contributed by atoms with E-state index in [0.717, 1.165) is 25.7 Å². The lowest BCUT2D eigenvalue weighted by atomic mass is 9.88. The highest BCUT2D eigenvalue weighted by Gasteiger charge is 2.22. The van der Waals surface area contributed by atoms with Crippen LogP contribution in [0.4, 0.5) is 4.39 Å². The topological polar surface area (TPSA) is 56.5 Å². The number of ether oxygens (including phenoxy) is 1. The number of halogens is 3. The van der Waals surface area contributed by atoms with Gasteiger partial charge in [-0.15, -0.1) is 0 Å². The van der Waals surface area contributed by atoms with Crippen LogP contribution in [-0.4, -0.2) is 15.9 Å². The number of benzene rings is 3. The molecule has 0 N–H and O–H groups in total. The summed E-state index contributed by atoms with van der Waals surface area (Å²) in [6, 6.07) is 17.0. The Hall–Kier alpha value is -3.22. The number of aromatic nitrogens is 2. The van der Waals surface area contributed by atoms with Crippen molar-refractivity contribution in [2.75, 3.05) is 0 Å². The molecule has 1 fully saturated rings. The number of hydrogen-bond acceptors (Lipinski definition) is 4. The van der Waals surface area contributed by atoms with Crippen LogP contribution < -0.4 is 10.3 Å². The van der Waals surface area contributed by atoms with Gasteiger partial charge < -0.3 is 4.74 Å². The van der Waals surface area contributed by atoms with Gasteiger partial charge in [-0.2, -0.15) is 9.78 Å². The summed E-state index contributed by atoms with van der Waals surface area (Å²) >= 11 is 12.9. The molecule has 184 valence electrons. The summed E-state index contributed by atoms with van der Waals surface area (Å²) in [4.78, 5) is 18.2. The Bertz CT molecular complexity index is 1470. The van der Waals surface area contributed by atoms with Crippen LogP contribution >= 0.6 is 23.2 Å². The number of nitrogens with zero attached hydrogens (tertiary/aromatic N) is 3. The predicted octanol–water partition coefficient (Wildman–Crippen LogP) is 7.35. The van der Waals surface area contributed by atoms with Gasteiger partial charge in [-0.25, -0.2) is 9.37 Å². The van der Waals surface area contributed by atoms with Gasteiger partial charge in [0, 0.05) is 11.5 Å². The Labute approximate surface area is 218 Å². The Morgan fingerprint density at radius 2 is 1.72 bits per heavy atom. The van der Waals surface area contributed by atoms with Gasteiger partial charge in [-0.1, -0.05) is 72.8 Å². The first-order valence-electron chi connectivity index (χ1n) is 11.9. The Kier molecular flexibility index (Phi) is 7.35. The highest BCUT2D eigenvalue weighted by molar-refractivity contribution is 6.37. The Morgan fingerprint density at radius 1 is 1.03 bits per heavy atom. The second kappa shape index (κ2) is 10.8. The van der Waals surface area contributed by atoms with E-state index in [1.807, 2.05) is 18.2 Å². The molecule has 1 aromatic heterocycles. The van der Waals surface area contributed by atoms with Crippen molar-refractivity contribution in [3.05, 3.63) is 104 Å². The van der Waals surface area contributed by atoms with Crippen molar-refractivity contribution >= 4 is 40.3 Å². The van der Waals surface area contributed by atoms with Gasteiger partial charge in [-0.3, -0.25) is 4.79 Å². The monoisotopic (exact) mass is 523 g/mol. The molecule has 3 aromatic carbocycles. The summed E-state index contributed by atoms with van der Waals surface area (Å²) in [5, 5.41) is 5.57. The van der Waals surface area contributed by atoms with Gasteiger partial charge in [0.05, 0.1) is 27.2 Å². The maximum atomic E-state index is 13.9. The molecule has 0 spiro atoms. The lowest BCUT2D eigenvalue weighted by Gasteiger charge is -2.22. The Balaban J connectivity index is 1.46. The van der Waals surface area contributed by atoms with E-state index in [4.69, 9.17) is 32.9 Å². The van der Waals surface area contributed by atoms with Crippen molar-refractivity contribution in [3.63, 3.8) is 0 Å². The second-order valence-electron chi connectivity index (χ2n) is 8.88. The largest absolute Gasteiger partial charge is 0.486 e. The van der Waals surface area contributed by atoms with E-state index in [1.165, 1.54) is 17.2 Å². The maximum absolute atomic E-state index is 13.9. The van der Waals surface area contributed by atoms with E-state index in [1.54, 1.807) is 42.6 Å². The molecule has 0 bridgehead atoms. The van der Waals surface area contributed by atoms with Gasteiger partial charge in [0.15, 0.2) is 5.75 Å². The van der Waals surface area contributed by atoms with Crippen LogP contribution in [0.5, 0.6) is 5.75 Å². The van der Waals surface area contributed by atoms with E-state index in [9.17, 15) is 9.18 Å². The van der Waals surface area contributed by atoms with Gasteiger partial charge in [0.25, 0.3) is 5.56 Å². The summed E-state index contributed by atoms with van der Waals surface area (Å²) in [6.45, 7) is -0.0115. The van der Waals surface area contributed by atoms with E-state index in [0.29, 0.717) is 27.9 Å². The number of para-hydroxylation sites is 1. The first kappa shape index (κ1) is 24.5. The van der Waals surface area contributed by atoms with E-state index < -0.39 is 0 Å². The van der Waals surface area contributed by atoms with Crippen molar-refractivity contribution in [2.24, 2.45) is 5.10 Å². The highest BCUT2D eigenvalue weighted by atomic mass is 35.5. The summed E-state index contributed by atoms with van der Waals surface area (Å²) in [7, 11) is 0. The van der Waals surface area contributed by atoms with Crippen LogP contribution in [0.1, 0.15) is 55.0 Å². The van der Waals surface area contributed by atoms with E-state index in [2.05, 4.69) is 5.10 Å². The zero-order valence-electron chi connectivity index (χ0n) is 19.5.